The van der Waals surface area contributed by atoms with E-state index in [1.165, 1.54) is 16.8 Å². The number of H-pyrrole nitrogens is 1. The second kappa shape index (κ2) is 6.19. The van der Waals surface area contributed by atoms with E-state index in [9.17, 15) is 0 Å². The molecular formula is C19H26N6. The Morgan fingerprint density at radius 3 is 2.60 bits per heavy atom. The predicted octanol–water partition coefficient (Wildman–Crippen LogP) is 3.07. The minimum atomic E-state index is 0.358. The van der Waals surface area contributed by atoms with Crippen molar-refractivity contribution >= 4 is 16.7 Å². The van der Waals surface area contributed by atoms with E-state index < -0.39 is 0 Å². The zero-order valence-electron chi connectivity index (χ0n) is 15.5. The van der Waals surface area contributed by atoms with E-state index in [1.54, 1.807) is 0 Å². The number of anilines is 1. The lowest BCUT2D eigenvalue weighted by Crippen LogP contribution is -2.44. The fourth-order valence-electron chi connectivity index (χ4n) is 3.69. The van der Waals surface area contributed by atoms with Crippen LogP contribution in [0.5, 0.6) is 0 Å². The number of hydrogen-bond acceptors (Lipinski definition) is 4. The molecule has 1 fully saturated rings. The molecule has 0 unspecified atom stereocenters. The molecule has 3 aromatic rings. The number of nitrogens with zero attached hydrogens (tertiary/aromatic N) is 5. The minimum Gasteiger partial charge on any atom is -0.368 e. The summed E-state index contributed by atoms with van der Waals surface area (Å²) in [4.78, 5) is 12.9. The highest BCUT2D eigenvalue weighted by Crippen LogP contribution is 2.32. The number of fused-ring (bicyclic) bond motifs is 1. The van der Waals surface area contributed by atoms with Crippen LogP contribution >= 0.6 is 0 Å². The van der Waals surface area contributed by atoms with Crippen LogP contribution in [0.4, 0.5) is 5.69 Å². The van der Waals surface area contributed by atoms with Gasteiger partial charge in [-0.15, -0.1) is 0 Å². The van der Waals surface area contributed by atoms with E-state index in [2.05, 4.69) is 69.5 Å². The third-order valence-electron chi connectivity index (χ3n) is 5.18. The van der Waals surface area contributed by atoms with E-state index in [4.69, 9.17) is 0 Å². The van der Waals surface area contributed by atoms with Gasteiger partial charge in [-0.2, -0.15) is 5.10 Å². The van der Waals surface area contributed by atoms with E-state index >= 15 is 0 Å². The first kappa shape index (κ1) is 16.1. The van der Waals surface area contributed by atoms with Gasteiger partial charge in [0, 0.05) is 60.7 Å². The highest BCUT2D eigenvalue weighted by atomic mass is 15.3. The van der Waals surface area contributed by atoms with Gasteiger partial charge in [-0.3, -0.25) is 4.68 Å². The monoisotopic (exact) mass is 338 g/mol. The molecule has 4 heterocycles. The molecule has 0 amide bonds. The van der Waals surface area contributed by atoms with E-state index in [-0.39, 0.29) is 0 Å². The maximum Gasteiger partial charge on any atom is 0.139 e. The van der Waals surface area contributed by atoms with Crippen molar-refractivity contribution in [3.8, 4) is 11.3 Å². The molecule has 0 atom stereocenters. The summed E-state index contributed by atoms with van der Waals surface area (Å²) in [5.41, 5.74) is 5.64. The summed E-state index contributed by atoms with van der Waals surface area (Å²) in [6.45, 7) is 10.7. The van der Waals surface area contributed by atoms with Crippen LogP contribution < -0.4 is 4.90 Å². The van der Waals surface area contributed by atoms with Crippen molar-refractivity contribution in [2.24, 2.45) is 0 Å². The molecule has 0 radical (unpaired) electrons. The SMILES string of the molecule is Cc1c(-c2cc3c(N4CCN(C)CC4)ccnc3[nH]2)cnn1C(C)C. The number of rotatable bonds is 3. The van der Waals surface area contributed by atoms with Crippen molar-refractivity contribution in [2.45, 2.75) is 26.8 Å². The van der Waals surface area contributed by atoms with Gasteiger partial charge in [-0.1, -0.05) is 0 Å². The normalized spacial score (nSPS) is 16.3. The highest BCUT2D eigenvalue weighted by Gasteiger charge is 2.19. The van der Waals surface area contributed by atoms with Crippen LogP contribution in [0.3, 0.4) is 0 Å². The fourth-order valence-corrected chi connectivity index (χ4v) is 3.69. The zero-order chi connectivity index (χ0) is 17.6. The maximum atomic E-state index is 4.55. The first-order chi connectivity index (χ1) is 12.0. The van der Waals surface area contributed by atoms with Gasteiger partial charge >= 0.3 is 0 Å². The largest absolute Gasteiger partial charge is 0.368 e. The van der Waals surface area contributed by atoms with Gasteiger partial charge < -0.3 is 14.8 Å². The number of aromatic amines is 1. The molecule has 1 aliphatic heterocycles. The third-order valence-corrected chi connectivity index (χ3v) is 5.18. The van der Waals surface area contributed by atoms with Gasteiger partial charge in [-0.25, -0.2) is 4.98 Å². The average Bonchev–Trinajstić information content (AvgIpc) is 3.18. The summed E-state index contributed by atoms with van der Waals surface area (Å²) in [5, 5.41) is 5.74. The predicted molar refractivity (Wildman–Crippen MR) is 102 cm³/mol. The number of likely N-dealkylation sites (N-methyl/N-ethyl adjacent to an activating group) is 1. The van der Waals surface area contributed by atoms with Gasteiger partial charge in [0.1, 0.15) is 5.65 Å². The molecule has 0 aliphatic carbocycles. The molecule has 25 heavy (non-hydrogen) atoms. The Morgan fingerprint density at radius 2 is 1.92 bits per heavy atom. The van der Waals surface area contributed by atoms with Gasteiger partial charge in [-0.05, 0) is 40.0 Å². The number of hydrogen-bond donors (Lipinski definition) is 1. The van der Waals surface area contributed by atoms with Crippen LogP contribution in [0.2, 0.25) is 0 Å². The maximum absolute atomic E-state index is 4.55. The number of pyridine rings is 1. The smallest absolute Gasteiger partial charge is 0.139 e. The molecule has 0 aromatic carbocycles. The fraction of sp³-hybridized carbons (Fsp3) is 0.474. The molecule has 4 rings (SSSR count). The number of nitrogens with one attached hydrogen (secondary N) is 1. The van der Waals surface area contributed by atoms with Gasteiger partial charge in [0.05, 0.1) is 11.9 Å². The third kappa shape index (κ3) is 2.80. The molecule has 132 valence electrons. The Bertz CT molecular complexity index is 883. The second-order valence-electron chi connectivity index (χ2n) is 7.25. The van der Waals surface area contributed by atoms with Crippen molar-refractivity contribution in [3.05, 3.63) is 30.2 Å². The molecule has 1 saturated heterocycles. The second-order valence-corrected chi connectivity index (χ2v) is 7.25. The summed E-state index contributed by atoms with van der Waals surface area (Å²) in [6.07, 6.45) is 3.86. The highest BCUT2D eigenvalue weighted by molar-refractivity contribution is 5.94. The van der Waals surface area contributed by atoms with Crippen molar-refractivity contribution in [1.29, 1.82) is 0 Å². The topological polar surface area (TPSA) is 53.0 Å². The summed E-state index contributed by atoms with van der Waals surface area (Å²) < 4.78 is 2.07. The lowest BCUT2D eigenvalue weighted by molar-refractivity contribution is 0.313. The van der Waals surface area contributed by atoms with Crippen LogP contribution in [0.15, 0.2) is 24.5 Å². The van der Waals surface area contributed by atoms with Crippen molar-refractivity contribution < 1.29 is 0 Å². The van der Waals surface area contributed by atoms with Crippen molar-refractivity contribution in [2.75, 3.05) is 38.1 Å². The van der Waals surface area contributed by atoms with E-state index in [0.717, 1.165) is 43.1 Å². The number of piperazine rings is 1. The Morgan fingerprint density at radius 1 is 1.16 bits per heavy atom. The van der Waals surface area contributed by atoms with Crippen LogP contribution in [0, 0.1) is 6.92 Å². The lowest BCUT2D eigenvalue weighted by Gasteiger charge is -2.34. The van der Waals surface area contributed by atoms with Crippen LogP contribution in [-0.4, -0.2) is 57.9 Å². The summed E-state index contributed by atoms with van der Waals surface area (Å²) in [5.74, 6) is 0. The number of aromatic nitrogens is 4. The Balaban J connectivity index is 1.75. The molecule has 1 N–H and O–H groups in total. The standard InChI is InChI=1S/C19H26N6/c1-13(2)25-14(3)16(12-21-25)17-11-15-18(5-6-20-19(15)22-17)24-9-7-23(4)8-10-24/h5-6,11-13H,7-10H2,1-4H3,(H,20,22). The summed E-state index contributed by atoms with van der Waals surface area (Å²) in [7, 11) is 2.18. The van der Waals surface area contributed by atoms with Gasteiger partial charge in [0.2, 0.25) is 0 Å². The Labute approximate surface area is 148 Å². The Kier molecular flexibility index (Phi) is 4.00. The molecule has 1 aliphatic rings. The molecule has 3 aromatic heterocycles. The molecule has 6 heteroatoms. The van der Waals surface area contributed by atoms with Crippen LogP contribution in [0.1, 0.15) is 25.6 Å². The zero-order valence-corrected chi connectivity index (χ0v) is 15.5. The van der Waals surface area contributed by atoms with Crippen molar-refractivity contribution in [3.63, 3.8) is 0 Å². The van der Waals surface area contributed by atoms with Crippen molar-refractivity contribution in [1.82, 2.24) is 24.6 Å². The van der Waals surface area contributed by atoms with E-state index in [0.29, 0.717) is 6.04 Å². The molecule has 0 spiro atoms. The first-order valence-electron chi connectivity index (χ1n) is 9.00. The summed E-state index contributed by atoms with van der Waals surface area (Å²) >= 11 is 0. The molecule has 0 saturated carbocycles. The summed E-state index contributed by atoms with van der Waals surface area (Å²) in [6, 6.07) is 4.72. The minimum absolute atomic E-state index is 0.358. The van der Waals surface area contributed by atoms with Gasteiger partial charge in [0.25, 0.3) is 0 Å². The van der Waals surface area contributed by atoms with Gasteiger partial charge in [0.15, 0.2) is 0 Å². The first-order valence-corrected chi connectivity index (χ1v) is 9.00. The van der Waals surface area contributed by atoms with Crippen LogP contribution in [0.25, 0.3) is 22.3 Å². The molecular weight excluding hydrogens is 312 g/mol. The Hall–Kier alpha value is -2.34. The lowest BCUT2D eigenvalue weighted by atomic mass is 10.1. The molecule has 6 nitrogen and oxygen atoms in total. The molecule has 0 bridgehead atoms. The average molecular weight is 338 g/mol. The van der Waals surface area contributed by atoms with Crippen LogP contribution in [-0.2, 0) is 0 Å². The quantitative estimate of drug-likeness (QED) is 0.797. The van der Waals surface area contributed by atoms with E-state index in [1.807, 2.05) is 12.4 Å².